The number of nitrogens with one attached hydrogen (secondary N) is 1. The molecule has 0 fully saturated rings. The molecule has 5 nitrogen and oxygen atoms in total. The van der Waals surface area contributed by atoms with E-state index < -0.39 is 0 Å². The third-order valence-corrected chi connectivity index (χ3v) is 3.34. The van der Waals surface area contributed by atoms with E-state index in [2.05, 4.69) is 31.2 Å². The van der Waals surface area contributed by atoms with Crippen LogP contribution < -0.4 is 11.1 Å². The first-order valence-corrected chi connectivity index (χ1v) is 7.42. The van der Waals surface area contributed by atoms with Crippen LogP contribution in [0.5, 0.6) is 0 Å². The molecule has 5 heteroatoms. The summed E-state index contributed by atoms with van der Waals surface area (Å²) < 4.78 is 1.70. The monoisotopic (exact) mass is 300 g/mol. The first-order chi connectivity index (χ1) is 10.3. The average molecular weight is 300 g/mol. The Morgan fingerprint density at radius 2 is 1.91 bits per heavy atom. The predicted octanol–water partition coefficient (Wildman–Crippen LogP) is 2.72. The van der Waals surface area contributed by atoms with Gasteiger partial charge in [0.1, 0.15) is 5.82 Å². The molecule has 0 aliphatic rings. The molecule has 2 rings (SSSR count). The van der Waals surface area contributed by atoms with Crippen molar-refractivity contribution in [1.82, 2.24) is 9.78 Å². The molecule has 2 aromatic rings. The van der Waals surface area contributed by atoms with E-state index in [-0.39, 0.29) is 11.3 Å². The van der Waals surface area contributed by atoms with Crippen LogP contribution in [-0.2, 0) is 20.0 Å². The lowest BCUT2D eigenvalue weighted by Gasteiger charge is -2.15. The maximum atomic E-state index is 12.3. The summed E-state index contributed by atoms with van der Waals surface area (Å²) in [4.78, 5) is 12.3. The van der Waals surface area contributed by atoms with Gasteiger partial charge in [-0.2, -0.15) is 5.10 Å². The fraction of sp³-hybridized carbons (Fsp3) is 0.412. The van der Waals surface area contributed by atoms with Gasteiger partial charge < -0.3 is 11.1 Å². The SMILES string of the molecule is Cn1nc(CC(C)(C)C)cc1NC(=O)c1ccc(CN)cc1. The van der Waals surface area contributed by atoms with Gasteiger partial charge in [0.2, 0.25) is 0 Å². The molecule has 0 bridgehead atoms. The summed E-state index contributed by atoms with van der Waals surface area (Å²) in [6, 6.07) is 9.22. The molecule has 22 heavy (non-hydrogen) atoms. The number of benzene rings is 1. The van der Waals surface area contributed by atoms with Crippen molar-refractivity contribution >= 4 is 11.7 Å². The summed E-state index contributed by atoms with van der Waals surface area (Å²) in [7, 11) is 1.83. The molecule has 0 aliphatic carbocycles. The van der Waals surface area contributed by atoms with E-state index in [0.717, 1.165) is 17.7 Å². The van der Waals surface area contributed by atoms with Gasteiger partial charge in [-0.1, -0.05) is 32.9 Å². The van der Waals surface area contributed by atoms with Crippen molar-refractivity contribution in [2.45, 2.75) is 33.7 Å². The molecule has 0 atom stereocenters. The Labute approximate surface area is 131 Å². The van der Waals surface area contributed by atoms with E-state index in [1.165, 1.54) is 0 Å². The highest BCUT2D eigenvalue weighted by Crippen LogP contribution is 2.21. The molecule has 118 valence electrons. The van der Waals surface area contributed by atoms with Gasteiger partial charge in [0.25, 0.3) is 5.91 Å². The summed E-state index contributed by atoms with van der Waals surface area (Å²) >= 11 is 0. The first kappa shape index (κ1) is 16.2. The number of aryl methyl sites for hydroxylation is 1. The average Bonchev–Trinajstić information content (AvgIpc) is 2.76. The molecule has 0 spiro atoms. The van der Waals surface area contributed by atoms with Gasteiger partial charge in [0.05, 0.1) is 5.69 Å². The van der Waals surface area contributed by atoms with Crippen molar-refractivity contribution in [3.63, 3.8) is 0 Å². The van der Waals surface area contributed by atoms with E-state index in [1.807, 2.05) is 25.2 Å². The lowest BCUT2D eigenvalue weighted by molar-refractivity contribution is 0.102. The summed E-state index contributed by atoms with van der Waals surface area (Å²) in [6.45, 7) is 6.97. The Morgan fingerprint density at radius 1 is 1.27 bits per heavy atom. The number of anilines is 1. The van der Waals surface area contributed by atoms with Crippen molar-refractivity contribution in [1.29, 1.82) is 0 Å². The Bertz CT molecular complexity index is 650. The van der Waals surface area contributed by atoms with Crippen LogP contribution in [0.1, 0.15) is 42.4 Å². The molecule has 0 radical (unpaired) electrons. The fourth-order valence-corrected chi connectivity index (χ4v) is 2.25. The van der Waals surface area contributed by atoms with Crippen molar-refractivity contribution in [3.8, 4) is 0 Å². The zero-order valence-corrected chi connectivity index (χ0v) is 13.7. The molecular weight excluding hydrogens is 276 g/mol. The highest BCUT2D eigenvalue weighted by Gasteiger charge is 2.16. The van der Waals surface area contributed by atoms with Crippen LogP contribution in [0.3, 0.4) is 0 Å². The minimum absolute atomic E-state index is 0.145. The third kappa shape index (κ3) is 4.18. The zero-order chi connectivity index (χ0) is 16.3. The largest absolute Gasteiger partial charge is 0.326 e. The normalized spacial score (nSPS) is 11.5. The topological polar surface area (TPSA) is 72.9 Å². The predicted molar refractivity (Wildman–Crippen MR) is 88.7 cm³/mol. The highest BCUT2D eigenvalue weighted by atomic mass is 16.1. The van der Waals surface area contributed by atoms with Crippen LogP contribution in [-0.4, -0.2) is 15.7 Å². The molecule has 0 saturated carbocycles. The lowest BCUT2D eigenvalue weighted by Crippen LogP contribution is -2.14. The van der Waals surface area contributed by atoms with Gasteiger partial charge in [-0.25, -0.2) is 0 Å². The number of hydrogen-bond donors (Lipinski definition) is 2. The Kier molecular flexibility index (Phi) is 4.66. The number of carbonyl (C=O) groups excluding carboxylic acids is 1. The first-order valence-electron chi connectivity index (χ1n) is 7.42. The van der Waals surface area contributed by atoms with E-state index in [9.17, 15) is 4.79 Å². The summed E-state index contributed by atoms with van der Waals surface area (Å²) in [6.07, 6.45) is 0.863. The number of nitrogens with zero attached hydrogens (tertiary/aromatic N) is 2. The summed E-state index contributed by atoms with van der Waals surface area (Å²) in [5.41, 5.74) is 8.31. The second kappa shape index (κ2) is 6.32. The fourth-order valence-electron chi connectivity index (χ4n) is 2.25. The number of nitrogens with two attached hydrogens (primary N) is 1. The molecule has 1 amide bonds. The van der Waals surface area contributed by atoms with Gasteiger partial charge in [-0.3, -0.25) is 9.48 Å². The van der Waals surface area contributed by atoms with Crippen LogP contribution in [0, 0.1) is 5.41 Å². The van der Waals surface area contributed by atoms with Crippen LogP contribution in [0.15, 0.2) is 30.3 Å². The molecule has 0 unspecified atom stereocenters. The van der Waals surface area contributed by atoms with Crippen LogP contribution in [0.2, 0.25) is 0 Å². The molecule has 1 heterocycles. The second-order valence-corrected chi connectivity index (χ2v) is 6.74. The van der Waals surface area contributed by atoms with E-state index in [0.29, 0.717) is 17.9 Å². The van der Waals surface area contributed by atoms with E-state index >= 15 is 0 Å². The maximum Gasteiger partial charge on any atom is 0.256 e. The Balaban J connectivity index is 2.10. The van der Waals surface area contributed by atoms with Crippen LogP contribution in [0.4, 0.5) is 5.82 Å². The zero-order valence-electron chi connectivity index (χ0n) is 13.7. The maximum absolute atomic E-state index is 12.3. The smallest absolute Gasteiger partial charge is 0.256 e. The third-order valence-electron chi connectivity index (χ3n) is 3.34. The van der Waals surface area contributed by atoms with Gasteiger partial charge >= 0.3 is 0 Å². The van der Waals surface area contributed by atoms with Crippen molar-refractivity contribution in [2.75, 3.05) is 5.32 Å². The highest BCUT2D eigenvalue weighted by molar-refractivity contribution is 6.03. The number of amides is 1. The van der Waals surface area contributed by atoms with Gasteiger partial charge in [-0.15, -0.1) is 0 Å². The molecule has 1 aromatic heterocycles. The standard InChI is InChI=1S/C17H24N4O/c1-17(2,3)10-14-9-15(21(4)20-14)19-16(22)13-7-5-12(11-18)6-8-13/h5-9H,10-11,18H2,1-4H3,(H,19,22). The van der Waals surface area contributed by atoms with Gasteiger partial charge in [0.15, 0.2) is 0 Å². The van der Waals surface area contributed by atoms with Crippen molar-refractivity contribution < 1.29 is 4.79 Å². The van der Waals surface area contributed by atoms with E-state index in [4.69, 9.17) is 5.73 Å². The number of aromatic nitrogens is 2. The van der Waals surface area contributed by atoms with Crippen molar-refractivity contribution in [3.05, 3.63) is 47.2 Å². The quantitative estimate of drug-likeness (QED) is 0.912. The number of carbonyl (C=O) groups is 1. The molecule has 3 N–H and O–H groups in total. The second-order valence-electron chi connectivity index (χ2n) is 6.74. The van der Waals surface area contributed by atoms with Crippen molar-refractivity contribution in [2.24, 2.45) is 18.2 Å². The lowest BCUT2D eigenvalue weighted by atomic mass is 9.91. The van der Waals surface area contributed by atoms with Gasteiger partial charge in [-0.05, 0) is 29.5 Å². The minimum atomic E-state index is -0.145. The molecule has 0 saturated heterocycles. The number of rotatable bonds is 4. The van der Waals surface area contributed by atoms with Crippen LogP contribution >= 0.6 is 0 Å². The summed E-state index contributed by atoms with van der Waals surface area (Å²) in [5.74, 6) is 0.557. The van der Waals surface area contributed by atoms with E-state index in [1.54, 1.807) is 16.8 Å². The Morgan fingerprint density at radius 3 is 2.45 bits per heavy atom. The molecule has 1 aromatic carbocycles. The molecular formula is C17H24N4O. The molecule has 0 aliphatic heterocycles. The Hall–Kier alpha value is -2.14. The summed E-state index contributed by atoms with van der Waals surface area (Å²) in [5, 5.41) is 7.36. The van der Waals surface area contributed by atoms with Crippen LogP contribution in [0.25, 0.3) is 0 Å². The number of hydrogen-bond acceptors (Lipinski definition) is 3. The van der Waals surface area contributed by atoms with Gasteiger partial charge in [0, 0.05) is 25.2 Å². The minimum Gasteiger partial charge on any atom is -0.326 e.